The second-order valence-corrected chi connectivity index (χ2v) is 7.21. The minimum Gasteiger partial charge on any atom is -0.279 e. The molecule has 0 aromatic heterocycles. The van der Waals surface area contributed by atoms with Gasteiger partial charge >= 0.3 is 6.00 Å². The SMILES string of the molecule is O=C(C=Cc1ccccc1)NP(=O)(Cl)Cl. The Morgan fingerprint density at radius 1 is 1.27 bits per heavy atom. The van der Waals surface area contributed by atoms with Crippen molar-refractivity contribution < 1.29 is 9.36 Å². The molecule has 15 heavy (non-hydrogen) atoms. The summed E-state index contributed by atoms with van der Waals surface area (Å²) in [5, 5.41) is 1.95. The summed E-state index contributed by atoms with van der Waals surface area (Å²) in [7, 11) is 0. The fraction of sp³-hybridized carbons (Fsp3) is 0. The molecule has 0 aliphatic carbocycles. The Hall–Kier alpha value is -0.760. The maximum absolute atomic E-state index is 11.1. The summed E-state index contributed by atoms with van der Waals surface area (Å²) in [6.07, 6.45) is 2.78. The second kappa shape index (κ2) is 5.36. The smallest absolute Gasteiger partial charge is 0.279 e. The van der Waals surface area contributed by atoms with Crippen LogP contribution in [0.25, 0.3) is 6.08 Å². The summed E-state index contributed by atoms with van der Waals surface area (Å²) in [6.45, 7) is 0. The van der Waals surface area contributed by atoms with Crippen LogP contribution in [0, 0.1) is 0 Å². The van der Waals surface area contributed by atoms with Gasteiger partial charge in [0.2, 0.25) is 0 Å². The van der Waals surface area contributed by atoms with Crippen molar-refractivity contribution in [2.24, 2.45) is 0 Å². The molecule has 0 unspecified atom stereocenters. The first-order valence-electron chi connectivity index (χ1n) is 4.02. The summed E-state index contributed by atoms with van der Waals surface area (Å²) >= 11 is 10.3. The van der Waals surface area contributed by atoms with Gasteiger partial charge < -0.3 is 0 Å². The monoisotopic (exact) mass is 263 g/mol. The van der Waals surface area contributed by atoms with Crippen molar-refractivity contribution in [2.45, 2.75) is 0 Å². The van der Waals surface area contributed by atoms with Gasteiger partial charge in [0, 0.05) is 6.08 Å². The van der Waals surface area contributed by atoms with E-state index in [2.05, 4.69) is 0 Å². The molecular formula is C9H8Cl2NO2P. The molecule has 1 N–H and O–H groups in total. The van der Waals surface area contributed by atoms with E-state index in [9.17, 15) is 9.36 Å². The van der Waals surface area contributed by atoms with Gasteiger partial charge in [-0.1, -0.05) is 30.3 Å². The van der Waals surface area contributed by atoms with E-state index in [0.717, 1.165) is 5.56 Å². The number of nitrogens with one attached hydrogen (secondary N) is 1. The van der Waals surface area contributed by atoms with Crippen molar-refractivity contribution in [2.75, 3.05) is 0 Å². The highest BCUT2D eigenvalue weighted by Gasteiger charge is 2.14. The van der Waals surface area contributed by atoms with Gasteiger partial charge in [-0.05, 0) is 34.1 Å². The number of carbonyl (C=O) groups is 1. The van der Waals surface area contributed by atoms with Crippen LogP contribution in [0.2, 0.25) is 0 Å². The Bertz CT molecular complexity index is 413. The van der Waals surface area contributed by atoms with Crippen molar-refractivity contribution in [3.8, 4) is 0 Å². The van der Waals surface area contributed by atoms with Gasteiger partial charge in [0.1, 0.15) is 0 Å². The van der Waals surface area contributed by atoms with E-state index in [-0.39, 0.29) is 0 Å². The minimum atomic E-state index is -3.55. The Balaban J connectivity index is 2.60. The van der Waals surface area contributed by atoms with Crippen LogP contribution in [0.1, 0.15) is 5.56 Å². The maximum atomic E-state index is 11.1. The average molecular weight is 264 g/mol. The number of benzene rings is 1. The number of hydrogen-bond donors (Lipinski definition) is 1. The molecule has 6 heteroatoms. The number of carbonyl (C=O) groups excluding carboxylic acids is 1. The molecule has 0 saturated carbocycles. The Kier molecular flexibility index (Phi) is 4.40. The highest BCUT2D eigenvalue weighted by atomic mass is 35.9. The molecule has 1 aromatic rings. The lowest BCUT2D eigenvalue weighted by atomic mass is 10.2. The number of amides is 1. The second-order valence-electron chi connectivity index (χ2n) is 2.68. The molecule has 0 radical (unpaired) electrons. The zero-order chi connectivity index (χ0) is 11.3. The predicted octanol–water partition coefficient (Wildman–Crippen LogP) is 3.40. The first kappa shape index (κ1) is 12.3. The van der Waals surface area contributed by atoms with Crippen LogP contribution in [0.15, 0.2) is 36.4 Å². The minimum absolute atomic E-state index is 0.591. The Morgan fingerprint density at radius 3 is 2.40 bits per heavy atom. The molecule has 0 saturated heterocycles. The van der Waals surface area contributed by atoms with Gasteiger partial charge in [0.25, 0.3) is 5.91 Å². The highest BCUT2D eigenvalue weighted by molar-refractivity contribution is 8.07. The van der Waals surface area contributed by atoms with Crippen LogP contribution >= 0.6 is 28.5 Å². The van der Waals surface area contributed by atoms with E-state index < -0.39 is 11.9 Å². The van der Waals surface area contributed by atoms with Crippen molar-refractivity contribution in [1.29, 1.82) is 0 Å². The molecule has 1 amide bonds. The van der Waals surface area contributed by atoms with Crippen LogP contribution < -0.4 is 5.09 Å². The molecule has 0 heterocycles. The number of halogens is 2. The summed E-state index contributed by atoms with van der Waals surface area (Å²) in [5.41, 5.74) is 0.853. The molecule has 1 aromatic carbocycles. The highest BCUT2D eigenvalue weighted by Crippen LogP contribution is 2.51. The maximum Gasteiger partial charge on any atom is 0.345 e. The van der Waals surface area contributed by atoms with E-state index in [1.165, 1.54) is 6.08 Å². The lowest BCUT2D eigenvalue weighted by Crippen LogP contribution is -2.12. The molecule has 0 fully saturated rings. The van der Waals surface area contributed by atoms with Gasteiger partial charge in [-0.3, -0.25) is 14.4 Å². The fourth-order valence-corrected chi connectivity index (χ4v) is 1.73. The van der Waals surface area contributed by atoms with E-state index in [1.54, 1.807) is 6.08 Å². The average Bonchev–Trinajstić information content (AvgIpc) is 2.14. The van der Waals surface area contributed by atoms with Crippen molar-refractivity contribution >= 4 is 40.5 Å². The van der Waals surface area contributed by atoms with Gasteiger partial charge in [-0.25, -0.2) is 0 Å². The van der Waals surface area contributed by atoms with Crippen molar-refractivity contribution in [3.05, 3.63) is 42.0 Å². The van der Waals surface area contributed by atoms with Crippen molar-refractivity contribution in [1.82, 2.24) is 5.09 Å². The molecule has 0 bridgehead atoms. The van der Waals surface area contributed by atoms with Gasteiger partial charge in [0.05, 0.1) is 0 Å². The first-order chi connectivity index (χ1) is 6.97. The van der Waals surface area contributed by atoms with E-state index in [4.69, 9.17) is 22.5 Å². The van der Waals surface area contributed by atoms with E-state index in [0.29, 0.717) is 0 Å². The third-order valence-corrected chi connectivity index (χ3v) is 2.45. The third kappa shape index (κ3) is 5.63. The van der Waals surface area contributed by atoms with Gasteiger partial charge in [-0.2, -0.15) is 0 Å². The zero-order valence-corrected chi connectivity index (χ0v) is 9.97. The van der Waals surface area contributed by atoms with Gasteiger partial charge in [0.15, 0.2) is 0 Å². The van der Waals surface area contributed by atoms with Gasteiger partial charge in [-0.15, -0.1) is 0 Å². The van der Waals surface area contributed by atoms with Crippen LogP contribution in [-0.2, 0) is 9.36 Å². The van der Waals surface area contributed by atoms with E-state index >= 15 is 0 Å². The zero-order valence-electron chi connectivity index (χ0n) is 7.56. The molecule has 80 valence electrons. The van der Waals surface area contributed by atoms with Crippen LogP contribution in [0.5, 0.6) is 0 Å². The summed E-state index contributed by atoms with van der Waals surface area (Å²) in [6, 6.07) is 9.19. The lowest BCUT2D eigenvalue weighted by molar-refractivity contribution is -0.114. The number of hydrogen-bond acceptors (Lipinski definition) is 2. The standard InChI is InChI=1S/C9H8Cl2NO2P/c10-15(11,14)12-9(13)7-6-8-4-2-1-3-5-8/h1-7H,(H,12,13,14). The normalized spacial score (nSPS) is 11.6. The summed E-state index contributed by atoms with van der Waals surface area (Å²) < 4.78 is 10.8. The molecule has 1 rings (SSSR count). The molecule has 0 spiro atoms. The Labute approximate surface area is 97.1 Å². The fourth-order valence-electron chi connectivity index (χ4n) is 0.902. The predicted molar refractivity (Wildman–Crippen MR) is 62.9 cm³/mol. The topological polar surface area (TPSA) is 46.2 Å². The third-order valence-electron chi connectivity index (χ3n) is 1.47. The summed E-state index contributed by atoms with van der Waals surface area (Å²) in [5.74, 6) is -4.14. The van der Waals surface area contributed by atoms with Crippen LogP contribution in [-0.4, -0.2) is 5.91 Å². The molecule has 0 aliphatic rings. The molecular weight excluding hydrogens is 256 g/mol. The Morgan fingerprint density at radius 2 is 1.87 bits per heavy atom. The quantitative estimate of drug-likeness (QED) is 0.671. The molecule has 0 atom stereocenters. The van der Waals surface area contributed by atoms with Crippen LogP contribution in [0.3, 0.4) is 0 Å². The largest absolute Gasteiger partial charge is 0.345 e. The number of rotatable bonds is 3. The van der Waals surface area contributed by atoms with Crippen LogP contribution in [0.4, 0.5) is 0 Å². The van der Waals surface area contributed by atoms with Crippen molar-refractivity contribution in [3.63, 3.8) is 0 Å². The first-order valence-corrected chi connectivity index (χ1v) is 7.54. The summed E-state index contributed by atoms with van der Waals surface area (Å²) in [4.78, 5) is 11.1. The molecule has 3 nitrogen and oxygen atoms in total. The molecule has 0 aliphatic heterocycles. The lowest BCUT2D eigenvalue weighted by Gasteiger charge is -2.00. The van der Waals surface area contributed by atoms with E-state index in [1.807, 2.05) is 35.4 Å².